The molecule has 0 saturated heterocycles. The van der Waals surface area contributed by atoms with Crippen molar-refractivity contribution in [3.63, 3.8) is 0 Å². The molecular formula is C21H23Cl2NO3. The zero-order valence-corrected chi connectivity index (χ0v) is 17.3. The van der Waals surface area contributed by atoms with E-state index in [0.717, 1.165) is 11.1 Å². The van der Waals surface area contributed by atoms with E-state index in [9.17, 15) is 4.79 Å². The largest absolute Gasteiger partial charge is 0.493 e. The van der Waals surface area contributed by atoms with Crippen LogP contribution < -0.4 is 9.47 Å². The molecule has 2 aromatic rings. The quantitative estimate of drug-likeness (QED) is 0.571. The van der Waals surface area contributed by atoms with Crippen molar-refractivity contribution in [2.75, 3.05) is 14.2 Å². The second kappa shape index (κ2) is 9.67. The van der Waals surface area contributed by atoms with E-state index in [4.69, 9.17) is 32.7 Å². The third kappa shape index (κ3) is 6.19. The highest BCUT2D eigenvalue weighted by Gasteiger charge is 2.13. The number of rotatable bonds is 7. The Hall–Kier alpha value is -2.17. The first-order chi connectivity index (χ1) is 12.8. The monoisotopic (exact) mass is 407 g/mol. The molecule has 0 bridgehead atoms. The van der Waals surface area contributed by atoms with Gasteiger partial charge in [0.25, 0.3) is 0 Å². The molecule has 0 unspecified atom stereocenters. The summed E-state index contributed by atoms with van der Waals surface area (Å²) in [6.45, 7) is 4.30. The number of methoxy groups -OCH3 is 1. The smallest absolute Gasteiger partial charge is 0.246 e. The molecule has 0 aliphatic carbocycles. The fourth-order valence-corrected chi connectivity index (χ4v) is 2.94. The summed E-state index contributed by atoms with van der Waals surface area (Å²) >= 11 is 12.3. The summed E-state index contributed by atoms with van der Waals surface area (Å²) in [6, 6.07) is 11.0. The number of hydrogen-bond acceptors (Lipinski definition) is 3. The van der Waals surface area contributed by atoms with Crippen LogP contribution in [0.15, 0.2) is 42.5 Å². The molecule has 2 rings (SSSR count). The first-order valence-electron chi connectivity index (χ1n) is 8.52. The second-order valence-corrected chi connectivity index (χ2v) is 7.20. The maximum Gasteiger partial charge on any atom is 0.246 e. The molecule has 2 aromatic carbocycles. The molecule has 6 heteroatoms. The van der Waals surface area contributed by atoms with Crippen LogP contribution in [-0.2, 0) is 11.3 Å². The minimum absolute atomic E-state index is 0.0282. The summed E-state index contributed by atoms with van der Waals surface area (Å²) in [4.78, 5) is 14.0. The van der Waals surface area contributed by atoms with Crippen LogP contribution >= 0.6 is 23.2 Å². The molecule has 0 fully saturated rings. The predicted octanol–water partition coefficient (Wildman–Crippen LogP) is 5.46. The Bertz CT molecular complexity index is 834. The fourth-order valence-electron chi connectivity index (χ4n) is 2.47. The number of carbonyl (C=O) groups excluding carboxylic acids is 1. The minimum Gasteiger partial charge on any atom is -0.493 e. The van der Waals surface area contributed by atoms with E-state index < -0.39 is 0 Å². The Balaban J connectivity index is 2.12. The molecule has 0 atom stereocenters. The number of carbonyl (C=O) groups is 1. The van der Waals surface area contributed by atoms with Gasteiger partial charge in [-0.2, -0.15) is 0 Å². The number of nitrogens with zero attached hydrogens (tertiary/aromatic N) is 1. The lowest BCUT2D eigenvalue weighted by molar-refractivity contribution is -0.125. The Morgan fingerprint density at radius 2 is 1.96 bits per heavy atom. The molecule has 0 radical (unpaired) electrons. The van der Waals surface area contributed by atoms with E-state index in [2.05, 4.69) is 0 Å². The van der Waals surface area contributed by atoms with Gasteiger partial charge in [0.15, 0.2) is 11.5 Å². The standard InChI is InChI=1S/C21H23Cl2NO3/c1-14(2)27-21-18(23)11-15(12-19(21)26-4)8-9-20(25)24(3)13-16-6-5-7-17(22)10-16/h5-12,14H,13H2,1-4H3/b9-8+. The van der Waals surface area contributed by atoms with Crippen LogP contribution in [0.3, 0.4) is 0 Å². The zero-order valence-electron chi connectivity index (χ0n) is 15.8. The van der Waals surface area contributed by atoms with Crippen molar-refractivity contribution in [2.45, 2.75) is 26.5 Å². The van der Waals surface area contributed by atoms with Gasteiger partial charge in [0.1, 0.15) is 0 Å². The van der Waals surface area contributed by atoms with Gasteiger partial charge in [0, 0.05) is 24.7 Å². The van der Waals surface area contributed by atoms with E-state index in [1.165, 1.54) is 6.08 Å². The number of amides is 1. The predicted molar refractivity (Wildman–Crippen MR) is 111 cm³/mol. The van der Waals surface area contributed by atoms with E-state index in [0.29, 0.717) is 28.1 Å². The average Bonchev–Trinajstić information content (AvgIpc) is 2.61. The molecule has 0 N–H and O–H groups in total. The second-order valence-electron chi connectivity index (χ2n) is 6.36. The number of likely N-dealkylation sites (N-methyl/N-ethyl adjacent to an activating group) is 1. The number of benzene rings is 2. The Kier molecular flexibility index (Phi) is 7.57. The third-order valence-electron chi connectivity index (χ3n) is 3.71. The molecule has 4 nitrogen and oxygen atoms in total. The maximum atomic E-state index is 12.4. The van der Waals surface area contributed by atoms with Crippen molar-refractivity contribution in [1.82, 2.24) is 4.90 Å². The van der Waals surface area contributed by atoms with Gasteiger partial charge >= 0.3 is 0 Å². The summed E-state index contributed by atoms with van der Waals surface area (Å²) in [6.07, 6.45) is 3.17. The van der Waals surface area contributed by atoms with E-state index in [-0.39, 0.29) is 12.0 Å². The van der Waals surface area contributed by atoms with Gasteiger partial charge in [0.05, 0.1) is 18.2 Å². The summed E-state index contributed by atoms with van der Waals surface area (Å²) in [5.41, 5.74) is 1.71. The molecule has 27 heavy (non-hydrogen) atoms. The number of ether oxygens (including phenoxy) is 2. The van der Waals surface area contributed by atoms with Crippen molar-refractivity contribution >= 4 is 35.2 Å². The van der Waals surface area contributed by atoms with Gasteiger partial charge in [-0.1, -0.05) is 35.3 Å². The molecule has 0 saturated carbocycles. The molecule has 0 heterocycles. The Morgan fingerprint density at radius 1 is 1.22 bits per heavy atom. The lowest BCUT2D eigenvalue weighted by Crippen LogP contribution is -2.24. The third-order valence-corrected chi connectivity index (χ3v) is 4.22. The van der Waals surface area contributed by atoms with Gasteiger partial charge in [-0.15, -0.1) is 0 Å². The molecule has 0 aromatic heterocycles. The highest BCUT2D eigenvalue weighted by molar-refractivity contribution is 6.32. The lowest BCUT2D eigenvalue weighted by Gasteiger charge is -2.16. The molecule has 1 amide bonds. The van der Waals surface area contributed by atoms with Crippen LogP contribution in [0.25, 0.3) is 6.08 Å². The Labute approximate surface area is 170 Å². The van der Waals surface area contributed by atoms with Crippen LogP contribution in [0.2, 0.25) is 10.0 Å². The SMILES string of the molecule is COc1cc(/C=C/C(=O)N(C)Cc2cccc(Cl)c2)cc(Cl)c1OC(C)C. The Morgan fingerprint density at radius 3 is 2.59 bits per heavy atom. The topological polar surface area (TPSA) is 38.8 Å². The molecule has 0 spiro atoms. The van der Waals surface area contributed by atoms with Crippen molar-refractivity contribution in [1.29, 1.82) is 0 Å². The summed E-state index contributed by atoms with van der Waals surface area (Å²) in [5.74, 6) is 0.888. The summed E-state index contributed by atoms with van der Waals surface area (Å²) in [7, 11) is 3.29. The van der Waals surface area contributed by atoms with Crippen LogP contribution in [0.1, 0.15) is 25.0 Å². The molecular weight excluding hydrogens is 385 g/mol. The zero-order chi connectivity index (χ0) is 20.0. The van der Waals surface area contributed by atoms with Gasteiger partial charge in [-0.25, -0.2) is 0 Å². The van der Waals surface area contributed by atoms with Crippen LogP contribution in [0.5, 0.6) is 11.5 Å². The first-order valence-corrected chi connectivity index (χ1v) is 9.27. The van der Waals surface area contributed by atoms with Crippen LogP contribution in [0, 0.1) is 0 Å². The van der Waals surface area contributed by atoms with E-state index in [1.807, 2.05) is 32.0 Å². The molecule has 0 aliphatic rings. The summed E-state index contributed by atoms with van der Waals surface area (Å²) in [5, 5.41) is 1.08. The highest BCUT2D eigenvalue weighted by atomic mass is 35.5. The minimum atomic E-state index is -0.132. The van der Waals surface area contributed by atoms with Gasteiger partial charge in [0.2, 0.25) is 5.91 Å². The van der Waals surface area contributed by atoms with E-state index >= 15 is 0 Å². The van der Waals surface area contributed by atoms with Gasteiger partial charge in [-0.3, -0.25) is 4.79 Å². The van der Waals surface area contributed by atoms with Crippen LogP contribution in [0.4, 0.5) is 0 Å². The van der Waals surface area contributed by atoms with Gasteiger partial charge in [-0.05, 0) is 55.3 Å². The van der Waals surface area contributed by atoms with Crippen LogP contribution in [-0.4, -0.2) is 31.1 Å². The number of halogens is 2. The highest BCUT2D eigenvalue weighted by Crippen LogP contribution is 2.37. The fraction of sp³-hybridized carbons (Fsp3) is 0.286. The normalized spacial score (nSPS) is 11.1. The van der Waals surface area contributed by atoms with Crippen molar-refractivity contribution in [3.05, 3.63) is 63.6 Å². The molecule has 144 valence electrons. The van der Waals surface area contributed by atoms with Crippen molar-refractivity contribution in [2.24, 2.45) is 0 Å². The van der Waals surface area contributed by atoms with Crippen molar-refractivity contribution < 1.29 is 14.3 Å². The average molecular weight is 408 g/mol. The first kappa shape index (κ1) is 21.1. The maximum absolute atomic E-state index is 12.4. The number of hydrogen-bond donors (Lipinski definition) is 0. The lowest BCUT2D eigenvalue weighted by atomic mass is 10.1. The summed E-state index contributed by atoms with van der Waals surface area (Å²) < 4.78 is 11.1. The molecule has 0 aliphatic heterocycles. The van der Waals surface area contributed by atoms with Gasteiger partial charge < -0.3 is 14.4 Å². The van der Waals surface area contributed by atoms with E-state index in [1.54, 1.807) is 43.3 Å². The van der Waals surface area contributed by atoms with Crippen molar-refractivity contribution in [3.8, 4) is 11.5 Å².